The summed E-state index contributed by atoms with van der Waals surface area (Å²) in [5.74, 6) is 0. The molecule has 3 nitrogen and oxygen atoms in total. The van der Waals surface area contributed by atoms with Crippen molar-refractivity contribution in [2.75, 3.05) is 0 Å². The van der Waals surface area contributed by atoms with Crippen molar-refractivity contribution in [2.45, 2.75) is 43.9 Å². The Kier molecular flexibility index (Phi) is 4.55. The summed E-state index contributed by atoms with van der Waals surface area (Å²) in [4.78, 5) is 0. The second-order valence-electron chi connectivity index (χ2n) is 7.01. The quantitative estimate of drug-likeness (QED) is 0.717. The van der Waals surface area contributed by atoms with Gasteiger partial charge in [-0.2, -0.15) is 0 Å². The van der Waals surface area contributed by atoms with Gasteiger partial charge in [-0.1, -0.05) is 54.4 Å². The van der Waals surface area contributed by atoms with Gasteiger partial charge in [0.1, 0.15) is 5.66 Å². The molecule has 1 fully saturated rings. The molecule has 2 unspecified atom stereocenters. The zero-order valence-electron chi connectivity index (χ0n) is 14.3. The van der Waals surface area contributed by atoms with E-state index in [1.165, 1.54) is 17.3 Å². The Morgan fingerprint density at radius 2 is 1.88 bits per heavy atom. The van der Waals surface area contributed by atoms with Crippen molar-refractivity contribution in [3.63, 3.8) is 0 Å². The maximum Gasteiger partial charge on any atom is 0.108 e. The Bertz CT molecular complexity index is 872. The van der Waals surface area contributed by atoms with Crippen LogP contribution in [0.3, 0.4) is 0 Å². The highest BCUT2D eigenvalue weighted by atomic mass is 35.5. The predicted molar refractivity (Wildman–Crippen MR) is 105 cm³/mol. The summed E-state index contributed by atoms with van der Waals surface area (Å²) >= 11 is 6.31. The Labute approximate surface area is 153 Å². The molecule has 2 atom stereocenters. The molecule has 1 heterocycles. The standard InChI is InChI=1S/C21H24ClN3/c22-18-9-3-1-8-17(18)15-24-20-11-5-6-13-21(20,23)25-14-12-16-7-2-4-10-19(16)25/h1-4,7-10,12,14,20,24H,5-6,11,13,15,23H2. The van der Waals surface area contributed by atoms with Gasteiger partial charge in [0.2, 0.25) is 0 Å². The van der Waals surface area contributed by atoms with E-state index in [1.54, 1.807) is 0 Å². The van der Waals surface area contributed by atoms with E-state index in [0.29, 0.717) is 0 Å². The van der Waals surface area contributed by atoms with E-state index in [1.807, 2.05) is 18.2 Å². The fourth-order valence-electron chi connectivity index (χ4n) is 4.07. The van der Waals surface area contributed by atoms with Gasteiger partial charge in [-0.25, -0.2) is 0 Å². The number of hydrogen-bond donors (Lipinski definition) is 2. The minimum absolute atomic E-state index is 0.216. The Balaban J connectivity index is 1.63. The SMILES string of the molecule is NC1(n2ccc3ccccc32)CCCCC1NCc1ccccc1Cl. The van der Waals surface area contributed by atoms with Gasteiger partial charge in [-0.05, 0) is 48.4 Å². The van der Waals surface area contributed by atoms with Crippen molar-refractivity contribution in [3.05, 3.63) is 71.4 Å². The number of hydrogen-bond acceptors (Lipinski definition) is 2. The van der Waals surface area contributed by atoms with Crippen LogP contribution in [-0.2, 0) is 12.2 Å². The molecule has 2 aromatic carbocycles. The van der Waals surface area contributed by atoms with Crippen LogP contribution in [0.15, 0.2) is 60.8 Å². The molecule has 1 aliphatic rings. The third-order valence-electron chi connectivity index (χ3n) is 5.47. The molecule has 1 saturated carbocycles. The number of aromatic nitrogens is 1. The molecule has 1 aromatic heterocycles. The second-order valence-corrected chi connectivity index (χ2v) is 7.41. The summed E-state index contributed by atoms with van der Waals surface area (Å²) in [6.45, 7) is 0.739. The highest BCUT2D eigenvalue weighted by Gasteiger charge is 2.39. The van der Waals surface area contributed by atoms with Crippen LogP contribution in [0.2, 0.25) is 5.02 Å². The fourth-order valence-corrected chi connectivity index (χ4v) is 4.27. The number of rotatable bonds is 4. The average molecular weight is 354 g/mol. The van der Waals surface area contributed by atoms with E-state index < -0.39 is 5.66 Å². The van der Waals surface area contributed by atoms with Crippen molar-refractivity contribution in [2.24, 2.45) is 5.73 Å². The van der Waals surface area contributed by atoms with Crippen molar-refractivity contribution < 1.29 is 0 Å². The molecule has 4 heteroatoms. The van der Waals surface area contributed by atoms with E-state index in [-0.39, 0.29) is 6.04 Å². The lowest BCUT2D eigenvalue weighted by atomic mass is 9.84. The lowest BCUT2D eigenvalue weighted by Gasteiger charge is -2.43. The summed E-state index contributed by atoms with van der Waals surface area (Å²) in [5, 5.41) is 5.74. The van der Waals surface area contributed by atoms with Gasteiger partial charge in [0.05, 0.1) is 0 Å². The van der Waals surface area contributed by atoms with Gasteiger partial charge >= 0.3 is 0 Å². The van der Waals surface area contributed by atoms with E-state index in [9.17, 15) is 0 Å². The van der Waals surface area contributed by atoms with Crippen molar-refractivity contribution in [1.29, 1.82) is 0 Å². The average Bonchev–Trinajstić information content (AvgIpc) is 3.07. The van der Waals surface area contributed by atoms with Crippen LogP contribution in [-0.4, -0.2) is 10.6 Å². The van der Waals surface area contributed by atoms with Crippen LogP contribution in [0.25, 0.3) is 10.9 Å². The minimum atomic E-state index is -0.414. The molecule has 0 bridgehead atoms. The first-order valence-corrected chi connectivity index (χ1v) is 9.38. The number of nitrogens with zero attached hydrogens (tertiary/aromatic N) is 1. The van der Waals surface area contributed by atoms with E-state index in [4.69, 9.17) is 17.3 Å². The van der Waals surface area contributed by atoms with Crippen LogP contribution < -0.4 is 11.1 Å². The Hall–Kier alpha value is -1.81. The maximum atomic E-state index is 7.00. The molecule has 4 rings (SSSR count). The van der Waals surface area contributed by atoms with Gasteiger partial charge < -0.3 is 15.6 Å². The van der Waals surface area contributed by atoms with Crippen LogP contribution >= 0.6 is 11.6 Å². The number of halogens is 1. The molecule has 0 spiro atoms. The first kappa shape index (κ1) is 16.6. The molecule has 0 saturated heterocycles. The summed E-state index contributed by atoms with van der Waals surface area (Å²) in [6, 6.07) is 18.8. The number of benzene rings is 2. The highest BCUT2D eigenvalue weighted by Crippen LogP contribution is 2.34. The van der Waals surface area contributed by atoms with E-state index in [2.05, 4.69) is 52.5 Å². The molecule has 3 N–H and O–H groups in total. The summed E-state index contributed by atoms with van der Waals surface area (Å²) in [5.41, 5.74) is 8.92. The summed E-state index contributed by atoms with van der Waals surface area (Å²) in [6.07, 6.45) is 6.56. The van der Waals surface area contributed by atoms with Gasteiger partial charge in [-0.15, -0.1) is 0 Å². The predicted octanol–water partition coefficient (Wildman–Crippen LogP) is 4.64. The topological polar surface area (TPSA) is 43.0 Å². The third-order valence-corrected chi connectivity index (χ3v) is 5.84. The van der Waals surface area contributed by atoms with E-state index >= 15 is 0 Å². The lowest BCUT2D eigenvalue weighted by Crippen LogP contribution is -2.59. The number of nitrogens with two attached hydrogens (primary N) is 1. The molecule has 25 heavy (non-hydrogen) atoms. The zero-order valence-corrected chi connectivity index (χ0v) is 15.0. The Morgan fingerprint density at radius 3 is 2.76 bits per heavy atom. The van der Waals surface area contributed by atoms with Crippen LogP contribution in [0, 0.1) is 0 Å². The highest BCUT2D eigenvalue weighted by molar-refractivity contribution is 6.31. The van der Waals surface area contributed by atoms with Crippen molar-refractivity contribution >= 4 is 22.5 Å². The van der Waals surface area contributed by atoms with Crippen LogP contribution in [0.4, 0.5) is 0 Å². The number of nitrogens with one attached hydrogen (secondary N) is 1. The monoisotopic (exact) mass is 353 g/mol. The summed E-state index contributed by atoms with van der Waals surface area (Å²) in [7, 11) is 0. The fraction of sp³-hybridized carbons (Fsp3) is 0.333. The molecule has 0 amide bonds. The largest absolute Gasteiger partial charge is 0.327 e. The Morgan fingerprint density at radius 1 is 1.08 bits per heavy atom. The van der Waals surface area contributed by atoms with Crippen LogP contribution in [0.5, 0.6) is 0 Å². The van der Waals surface area contributed by atoms with Gasteiger partial charge in [0.25, 0.3) is 0 Å². The molecule has 0 aliphatic heterocycles. The zero-order chi connectivity index (χ0) is 17.3. The van der Waals surface area contributed by atoms with Gasteiger partial charge in [0, 0.05) is 29.3 Å². The van der Waals surface area contributed by atoms with Crippen molar-refractivity contribution in [3.8, 4) is 0 Å². The minimum Gasteiger partial charge on any atom is -0.327 e. The molecule has 0 radical (unpaired) electrons. The first-order valence-electron chi connectivity index (χ1n) is 9.01. The van der Waals surface area contributed by atoms with Gasteiger partial charge in [-0.3, -0.25) is 0 Å². The maximum absolute atomic E-state index is 7.00. The number of fused-ring (bicyclic) bond motifs is 1. The molecule has 3 aromatic rings. The normalized spacial score (nSPS) is 23.8. The first-order chi connectivity index (χ1) is 12.2. The smallest absolute Gasteiger partial charge is 0.108 e. The van der Waals surface area contributed by atoms with E-state index in [0.717, 1.165) is 36.4 Å². The second kappa shape index (κ2) is 6.83. The number of para-hydroxylation sites is 1. The molecule has 1 aliphatic carbocycles. The van der Waals surface area contributed by atoms with Crippen molar-refractivity contribution in [1.82, 2.24) is 9.88 Å². The molecule has 130 valence electrons. The molecular formula is C21H24ClN3. The molecular weight excluding hydrogens is 330 g/mol. The van der Waals surface area contributed by atoms with Crippen LogP contribution in [0.1, 0.15) is 31.2 Å². The lowest BCUT2D eigenvalue weighted by molar-refractivity contribution is 0.142. The summed E-state index contributed by atoms with van der Waals surface area (Å²) < 4.78 is 2.27. The third kappa shape index (κ3) is 3.08. The van der Waals surface area contributed by atoms with Gasteiger partial charge in [0.15, 0.2) is 0 Å².